The average molecular weight is 503 g/mol. The molecule has 0 fully saturated rings. The summed E-state index contributed by atoms with van der Waals surface area (Å²) in [7, 11) is -9.17. The van der Waals surface area contributed by atoms with Crippen molar-refractivity contribution in [1.82, 2.24) is 0 Å². The van der Waals surface area contributed by atoms with Gasteiger partial charge in [0.15, 0.2) is 0 Å². The third kappa shape index (κ3) is 13.9. The van der Waals surface area contributed by atoms with E-state index in [1.807, 2.05) is 0 Å². The molecule has 186 valence electrons. The largest absolute Gasteiger partial charge is 0.472 e. The molecule has 0 aliphatic carbocycles. The molecule has 0 aliphatic heterocycles. The van der Waals surface area contributed by atoms with E-state index in [9.17, 15) is 33.6 Å². The highest BCUT2D eigenvalue weighted by Gasteiger charge is 2.33. The lowest BCUT2D eigenvalue weighted by Crippen LogP contribution is -2.33. The third-order valence-corrected chi connectivity index (χ3v) is 5.62. The fraction of sp³-hybridized carbons (Fsp3) is 0.750. The highest BCUT2D eigenvalue weighted by molar-refractivity contribution is 7.47. The number of carbonyl (C=O) groups excluding carboxylic acids is 2. The molecule has 0 saturated heterocycles. The Bertz CT molecular complexity index is 772. The molecule has 14 nitrogen and oxygen atoms in total. The van der Waals surface area contributed by atoms with Crippen molar-refractivity contribution in [1.29, 1.82) is 0 Å². The van der Waals surface area contributed by atoms with E-state index < -0.39 is 65.0 Å². The number of carbonyl (C=O) groups is 2. The molecule has 2 amide bonds. The van der Waals surface area contributed by atoms with Crippen molar-refractivity contribution >= 4 is 40.0 Å². The van der Waals surface area contributed by atoms with E-state index >= 15 is 0 Å². The minimum Gasteiger partial charge on any atom is -0.388 e. The molecule has 0 saturated carbocycles. The van der Waals surface area contributed by atoms with Gasteiger partial charge in [-0.2, -0.15) is 4.99 Å². The molecule has 0 bridgehead atoms. The minimum absolute atomic E-state index is 0.266. The lowest BCUT2D eigenvalue weighted by atomic mass is 10.1. The number of aliphatic hydroxyl groups excluding tert-OH is 1. The van der Waals surface area contributed by atoms with E-state index in [-0.39, 0.29) is 5.84 Å². The number of phosphoric ester groups is 2. The summed E-state index contributed by atoms with van der Waals surface area (Å²) in [6.07, 6.45) is -3.67. The number of nitrogens with two attached hydrogens (primary N) is 1. The van der Waals surface area contributed by atoms with Crippen LogP contribution in [-0.4, -0.2) is 70.3 Å². The number of amides is 2. The maximum absolute atomic E-state index is 12.1. The number of phosphoric acid groups is 2. The Morgan fingerprint density at radius 1 is 1.03 bits per heavy atom. The number of aldehydes is 1. The molecule has 32 heavy (non-hydrogen) atoms. The van der Waals surface area contributed by atoms with Crippen molar-refractivity contribution in [2.24, 2.45) is 21.6 Å². The van der Waals surface area contributed by atoms with Gasteiger partial charge in [-0.15, -0.1) is 0 Å². The van der Waals surface area contributed by atoms with Crippen LogP contribution < -0.4 is 5.73 Å². The van der Waals surface area contributed by atoms with E-state index in [0.717, 1.165) is 6.21 Å². The molecular weight excluding hydrogens is 472 g/mol. The van der Waals surface area contributed by atoms with Crippen LogP contribution in [0.5, 0.6) is 0 Å². The monoisotopic (exact) mass is 503 g/mol. The van der Waals surface area contributed by atoms with Gasteiger partial charge in [-0.05, 0) is 34.6 Å². The Morgan fingerprint density at radius 3 is 2.06 bits per heavy atom. The van der Waals surface area contributed by atoms with E-state index in [1.165, 1.54) is 34.6 Å². The maximum Gasteiger partial charge on any atom is 0.472 e. The molecule has 5 atom stereocenters. The molecule has 16 heteroatoms. The van der Waals surface area contributed by atoms with Crippen molar-refractivity contribution in [2.45, 2.75) is 65.5 Å². The van der Waals surface area contributed by atoms with Crippen LogP contribution in [0.1, 0.15) is 41.0 Å². The molecule has 0 aliphatic rings. The Hall–Kier alpha value is -1.34. The van der Waals surface area contributed by atoms with Crippen LogP contribution in [0.3, 0.4) is 0 Å². The van der Waals surface area contributed by atoms with Crippen molar-refractivity contribution in [3.05, 3.63) is 0 Å². The summed E-state index contributed by atoms with van der Waals surface area (Å²) >= 11 is 0. The smallest absolute Gasteiger partial charge is 0.388 e. The van der Waals surface area contributed by atoms with E-state index in [0.29, 0.717) is 6.29 Å². The summed E-state index contributed by atoms with van der Waals surface area (Å²) in [6.45, 7) is 6.50. The second kappa shape index (κ2) is 14.0. The first kappa shape index (κ1) is 30.7. The van der Waals surface area contributed by atoms with Gasteiger partial charge in [0, 0.05) is 12.6 Å². The number of aliphatic imine (C=N–C) groups is 2. The van der Waals surface area contributed by atoms with Gasteiger partial charge in [0.05, 0.1) is 24.7 Å². The van der Waals surface area contributed by atoms with E-state index in [1.54, 1.807) is 0 Å². The zero-order valence-corrected chi connectivity index (χ0v) is 20.2. The van der Waals surface area contributed by atoms with Crippen LogP contribution in [0, 0.1) is 5.92 Å². The highest BCUT2D eigenvalue weighted by atomic mass is 31.2. The predicted molar refractivity (Wildman–Crippen MR) is 114 cm³/mol. The number of rotatable bonds is 14. The number of urea groups is 1. The van der Waals surface area contributed by atoms with Gasteiger partial charge in [0.2, 0.25) is 0 Å². The van der Waals surface area contributed by atoms with Gasteiger partial charge in [-0.3, -0.25) is 18.1 Å². The molecule has 0 aromatic heterocycles. The SMILES string of the molecule is CC(C)OP(=O)(O)OC[C@@H](O)[C@@H](C/C=N\C(=O)/N=C(/N)C(C)C=O)OP(=O)(O)OC(C)C. The van der Waals surface area contributed by atoms with Gasteiger partial charge in [-0.1, -0.05) is 0 Å². The van der Waals surface area contributed by atoms with Crippen LogP contribution in [0.15, 0.2) is 9.98 Å². The Morgan fingerprint density at radius 2 is 1.56 bits per heavy atom. The lowest BCUT2D eigenvalue weighted by Gasteiger charge is -2.25. The van der Waals surface area contributed by atoms with Gasteiger partial charge < -0.3 is 25.4 Å². The van der Waals surface area contributed by atoms with E-state index in [4.69, 9.17) is 14.8 Å². The molecule has 0 aromatic carbocycles. The number of amidine groups is 1. The average Bonchev–Trinajstić information content (AvgIpc) is 2.62. The van der Waals surface area contributed by atoms with Gasteiger partial charge in [-0.25, -0.2) is 18.9 Å². The predicted octanol–water partition coefficient (Wildman–Crippen LogP) is 1.57. The van der Waals surface area contributed by atoms with Gasteiger partial charge in [0.25, 0.3) is 0 Å². The molecule has 0 spiro atoms. The fourth-order valence-corrected chi connectivity index (χ4v) is 3.94. The summed E-state index contributed by atoms with van der Waals surface area (Å²) in [6, 6.07) is -1.07. The van der Waals surface area contributed by atoms with Crippen molar-refractivity contribution in [2.75, 3.05) is 6.61 Å². The topological polar surface area (TPSA) is 217 Å². The Labute approximate surface area is 186 Å². The third-order valence-electron chi connectivity index (χ3n) is 3.23. The molecule has 0 aromatic rings. The number of hydrogen-bond donors (Lipinski definition) is 4. The zero-order chi connectivity index (χ0) is 25.1. The molecule has 0 rings (SSSR count). The summed E-state index contributed by atoms with van der Waals surface area (Å²) in [5, 5.41) is 10.3. The van der Waals surface area contributed by atoms with Crippen molar-refractivity contribution in [3.63, 3.8) is 0 Å². The zero-order valence-electron chi connectivity index (χ0n) is 18.4. The number of aliphatic hydroxyl groups is 1. The first-order chi connectivity index (χ1) is 14.6. The van der Waals surface area contributed by atoms with Crippen LogP contribution in [-0.2, 0) is 32.0 Å². The molecule has 0 radical (unpaired) electrons. The van der Waals surface area contributed by atoms with Gasteiger partial charge in [0.1, 0.15) is 24.3 Å². The number of hydrogen-bond acceptors (Lipinski definition) is 9. The maximum atomic E-state index is 12.1. The van der Waals surface area contributed by atoms with Gasteiger partial charge >= 0.3 is 21.7 Å². The van der Waals surface area contributed by atoms with Crippen LogP contribution >= 0.6 is 15.6 Å². The molecule has 3 unspecified atom stereocenters. The standard InChI is InChI=1S/C16H31N3O11P2/c1-10(2)28-31(23,24)27-9-13(21)14(30-32(25,26)29-11(3)4)6-7-18-16(22)19-15(17)12(5)8-20/h7-8,10-14,21H,6,9H2,1-5H3,(H,23,24)(H,25,26)(H2,17,19,22)/b18-7-/t12?,13-,14-/m1/s1. The Balaban J connectivity index is 5.34. The van der Waals surface area contributed by atoms with Crippen molar-refractivity contribution in [3.8, 4) is 0 Å². The van der Waals surface area contributed by atoms with Crippen LogP contribution in [0.25, 0.3) is 0 Å². The van der Waals surface area contributed by atoms with Crippen LogP contribution in [0.4, 0.5) is 4.79 Å². The quantitative estimate of drug-likeness (QED) is 0.115. The van der Waals surface area contributed by atoms with Crippen LogP contribution in [0.2, 0.25) is 0 Å². The molecular formula is C16H31N3O11P2. The summed E-state index contributed by atoms with van der Waals surface area (Å²) < 4.78 is 42.9. The first-order valence-electron chi connectivity index (χ1n) is 9.47. The summed E-state index contributed by atoms with van der Waals surface area (Å²) in [5.41, 5.74) is 5.45. The summed E-state index contributed by atoms with van der Waals surface area (Å²) in [5.74, 6) is -1.07. The van der Waals surface area contributed by atoms with E-state index in [2.05, 4.69) is 19.0 Å². The Kier molecular flexibility index (Phi) is 13.4. The number of nitrogens with zero attached hydrogens (tertiary/aromatic N) is 2. The normalized spacial score (nSPS) is 19.5. The minimum atomic E-state index is -4.66. The van der Waals surface area contributed by atoms with Crippen molar-refractivity contribution < 1.29 is 51.7 Å². The molecule has 5 N–H and O–H groups in total. The second-order valence-electron chi connectivity index (χ2n) is 7.04. The second-order valence-corrected chi connectivity index (χ2v) is 9.81. The fourth-order valence-electron chi connectivity index (χ4n) is 1.85. The molecule has 0 heterocycles. The lowest BCUT2D eigenvalue weighted by molar-refractivity contribution is -0.109. The summed E-state index contributed by atoms with van der Waals surface area (Å²) in [4.78, 5) is 48.5. The first-order valence-corrected chi connectivity index (χ1v) is 12.5. The highest BCUT2D eigenvalue weighted by Crippen LogP contribution is 2.48.